The number of para-hydroxylation sites is 1. The van der Waals surface area contributed by atoms with Crippen LogP contribution in [-0.4, -0.2) is 48.2 Å². The molecule has 2 heterocycles. The Morgan fingerprint density at radius 3 is 2.56 bits per heavy atom. The van der Waals surface area contributed by atoms with Crippen LogP contribution in [0.3, 0.4) is 0 Å². The zero-order chi connectivity index (χ0) is 18.5. The van der Waals surface area contributed by atoms with Gasteiger partial charge in [0.2, 0.25) is 0 Å². The van der Waals surface area contributed by atoms with E-state index in [1.807, 2.05) is 22.4 Å². The summed E-state index contributed by atoms with van der Waals surface area (Å²) in [5, 5.41) is 2.73. The van der Waals surface area contributed by atoms with Crippen molar-refractivity contribution in [2.75, 3.05) is 37.3 Å². The maximum atomic E-state index is 13.1. The number of hydrogen-bond acceptors (Lipinski definition) is 6. The number of likely N-dealkylation sites (N-methyl/N-ethyl adjacent to an activating group) is 1. The highest BCUT2D eigenvalue weighted by Gasteiger charge is 2.23. The molecule has 8 heteroatoms. The van der Waals surface area contributed by atoms with Gasteiger partial charge in [0, 0.05) is 18.0 Å². The number of amides is 1. The van der Waals surface area contributed by atoms with E-state index < -0.39 is 0 Å². The molecule has 2 aromatic heterocycles. The maximum Gasteiger partial charge on any atom is 0.270 e. The SMILES string of the molecule is CCN(CC)CCN(C(=O)c1cccs1)c1nc2c(SC)cccc2s1.Cl. The highest BCUT2D eigenvalue weighted by atomic mass is 35.5. The molecule has 3 rings (SSSR count). The summed E-state index contributed by atoms with van der Waals surface area (Å²) in [5.41, 5.74) is 0.992. The van der Waals surface area contributed by atoms with Gasteiger partial charge < -0.3 is 4.90 Å². The number of halogens is 1. The van der Waals surface area contributed by atoms with Crippen LogP contribution in [0.2, 0.25) is 0 Å². The molecule has 0 spiro atoms. The lowest BCUT2D eigenvalue weighted by Gasteiger charge is -2.24. The number of rotatable bonds is 8. The normalized spacial score (nSPS) is 11.0. The minimum atomic E-state index is 0. The van der Waals surface area contributed by atoms with Crippen molar-refractivity contribution in [2.24, 2.45) is 0 Å². The van der Waals surface area contributed by atoms with E-state index in [0.29, 0.717) is 6.54 Å². The number of benzene rings is 1. The first-order valence-corrected chi connectivity index (χ1v) is 11.6. The molecule has 4 nitrogen and oxygen atoms in total. The molecule has 0 fully saturated rings. The molecule has 1 aromatic carbocycles. The topological polar surface area (TPSA) is 36.4 Å². The van der Waals surface area contributed by atoms with E-state index in [0.717, 1.165) is 44.8 Å². The van der Waals surface area contributed by atoms with Gasteiger partial charge in [0.25, 0.3) is 5.91 Å². The van der Waals surface area contributed by atoms with E-state index in [2.05, 4.69) is 43.2 Å². The molecular formula is C19H24ClN3OS3. The second-order valence-corrected chi connectivity index (χ2v) is 8.57. The van der Waals surface area contributed by atoms with Crippen LogP contribution >= 0.6 is 46.8 Å². The minimum absolute atomic E-state index is 0. The van der Waals surface area contributed by atoms with Gasteiger partial charge in [0.05, 0.1) is 15.1 Å². The molecule has 0 aliphatic heterocycles. The van der Waals surface area contributed by atoms with E-state index in [1.165, 1.54) is 11.3 Å². The maximum absolute atomic E-state index is 13.1. The fourth-order valence-corrected chi connectivity index (χ4v) is 5.11. The van der Waals surface area contributed by atoms with E-state index >= 15 is 0 Å². The second kappa shape index (κ2) is 10.4. The summed E-state index contributed by atoms with van der Waals surface area (Å²) in [6, 6.07) is 10.0. The largest absolute Gasteiger partial charge is 0.302 e. The quantitative estimate of drug-likeness (QED) is 0.433. The molecule has 0 unspecified atom stereocenters. The summed E-state index contributed by atoms with van der Waals surface area (Å²) >= 11 is 4.77. The molecule has 0 saturated heterocycles. The summed E-state index contributed by atoms with van der Waals surface area (Å²) in [7, 11) is 0. The van der Waals surface area contributed by atoms with Crippen molar-refractivity contribution < 1.29 is 4.79 Å². The number of thioether (sulfide) groups is 1. The molecular weight excluding hydrogens is 418 g/mol. The Labute approximate surface area is 179 Å². The number of thiophene rings is 1. The Hall–Kier alpha value is -1.12. The Morgan fingerprint density at radius 2 is 1.93 bits per heavy atom. The molecule has 0 aliphatic rings. The molecule has 0 N–H and O–H groups in total. The lowest BCUT2D eigenvalue weighted by atomic mass is 10.3. The van der Waals surface area contributed by atoms with Crippen molar-refractivity contribution in [3.05, 3.63) is 40.6 Å². The number of anilines is 1. The number of nitrogens with zero attached hydrogens (tertiary/aromatic N) is 3. The molecule has 0 aliphatic carbocycles. The van der Waals surface area contributed by atoms with Gasteiger partial charge >= 0.3 is 0 Å². The third-order valence-corrected chi connectivity index (χ3v) is 7.00. The first kappa shape index (κ1) is 22.2. The molecule has 3 aromatic rings. The highest BCUT2D eigenvalue weighted by Crippen LogP contribution is 2.34. The lowest BCUT2D eigenvalue weighted by molar-refractivity contribution is 0.0987. The summed E-state index contributed by atoms with van der Waals surface area (Å²) in [5.74, 6) is 0.0388. The first-order chi connectivity index (χ1) is 12.7. The summed E-state index contributed by atoms with van der Waals surface area (Å²) in [4.78, 5) is 24.0. The van der Waals surface area contributed by atoms with Crippen LogP contribution in [-0.2, 0) is 0 Å². The number of fused-ring (bicyclic) bond motifs is 1. The zero-order valence-electron chi connectivity index (χ0n) is 15.7. The molecule has 0 bridgehead atoms. The van der Waals surface area contributed by atoms with E-state index in [1.54, 1.807) is 23.1 Å². The number of aromatic nitrogens is 1. The molecule has 146 valence electrons. The second-order valence-electron chi connectivity index (χ2n) is 5.76. The number of hydrogen-bond donors (Lipinski definition) is 0. The Morgan fingerprint density at radius 1 is 1.15 bits per heavy atom. The van der Waals surface area contributed by atoms with E-state index in [9.17, 15) is 4.79 Å². The third kappa shape index (κ3) is 5.03. The monoisotopic (exact) mass is 441 g/mol. The van der Waals surface area contributed by atoms with Crippen LogP contribution in [0.5, 0.6) is 0 Å². The summed E-state index contributed by atoms with van der Waals surface area (Å²) < 4.78 is 1.12. The molecule has 0 saturated carbocycles. The number of carbonyl (C=O) groups excluding carboxylic acids is 1. The van der Waals surface area contributed by atoms with Gasteiger partial charge in [-0.2, -0.15) is 0 Å². The summed E-state index contributed by atoms with van der Waals surface area (Å²) in [6.45, 7) is 7.75. The van der Waals surface area contributed by atoms with Gasteiger partial charge in [-0.25, -0.2) is 4.98 Å². The van der Waals surface area contributed by atoms with Gasteiger partial charge in [0.15, 0.2) is 5.13 Å². The van der Waals surface area contributed by atoms with Crippen LogP contribution < -0.4 is 4.90 Å². The average molecular weight is 442 g/mol. The van der Waals surface area contributed by atoms with Crippen LogP contribution in [0.1, 0.15) is 23.5 Å². The Bertz CT molecular complexity index is 862. The smallest absolute Gasteiger partial charge is 0.270 e. The molecule has 27 heavy (non-hydrogen) atoms. The number of thiazole rings is 1. The standard InChI is InChI=1S/C19H23N3OS3.ClH/c1-4-21(5-2)11-12-22(18(23)16-10-7-13-25-16)19-20-17-14(24-3)8-6-9-15(17)26-19;/h6-10,13H,4-5,11-12H2,1-3H3;1H. The minimum Gasteiger partial charge on any atom is -0.302 e. The van der Waals surface area contributed by atoms with E-state index in [4.69, 9.17) is 4.98 Å². The van der Waals surface area contributed by atoms with Gasteiger partial charge in [-0.15, -0.1) is 35.5 Å². The third-order valence-electron chi connectivity index (χ3n) is 4.33. The first-order valence-electron chi connectivity index (χ1n) is 8.69. The van der Waals surface area contributed by atoms with Gasteiger partial charge in [-0.3, -0.25) is 9.69 Å². The van der Waals surface area contributed by atoms with Crippen LogP contribution in [0.25, 0.3) is 10.2 Å². The summed E-state index contributed by atoms with van der Waals surface area (Å²) in [6.07, 6.45) is 2.06. The Kier molecular flexibility index (Phi) is 8.57. The van der Waals surface area contributed by atoms with Crippen molar-refractivity contribution in [2.45, 2.75) is 18.7 Å². The predicted octanol–water partition coefficient (Wildman–Crippen LogP) is 5.49. The van der Waals surface area contributed by atoms with Gasteiger partial charge in [0.1, 0.15) is 0 Å². The van der Waals surface area contributed by atoms with Crippen LogP contribution in [0.4, 0.5) is 5.13 Å². The molecule has 0 radical (unpaired) electrons. The fourth-order valence-electron chi connectivity index (χ4n) is 2.79. The highest BCUT2D eigenvalue weighted by molar-refractivity contribution is 7.98. The van der Waals surface area contributed by atoms with Gasteiger partial charge in [-0.1, -0.05) is 37.3 Å². The fraction of sp³-hybridized carbons (Fsp3) is 0.368. The zero-order valence-corrected chi connectivity index (χ0v) is 18.9. The van der Waals surface area contributed by atoms with Crippen LogP contribution in [0.15, 0.2) is 40.6 Å². The van der Waals surface area contributed by atoms with E-state index in [-0.39, 0.29) is 18.3 Å². The van der Waals surface area contributed by atoms with Crippen molar-refractivity contribution in [1.29, 1.82) is 0 Å². The predicted molar refractivity (Wildman–Crippen MR) is 122 cm³/mol. The Balaban J connectivity index is 0.00000261. The average Bonchev–Trinajstić information content (AvgIpc) is 3.34. The van der Waals surface area contributed by atoms with Crippen molar-refractivity contribution >= 4 is 68.1 Å². The van der Waals surface area contributed by atoms with Crippen molar-refractivity contribution in [3.63, 3.8) is 0 Å². The molecule has 0 atom stereocenters. The van der Waals surface area contributed by atoms with Crippen LogP contribution in [0, 0.1) is 0 Å². The number of carbonyl (C=O) groups is 1. The van der Waals surface area contributed by atoms with Crippen molar-refractivity contribution in [3.8, 4) is 0 Å². The molecule has 1 amide bonds. The van der Waals surface area contributed by atoms with Crippen molar-refractivity contribution in [1.82, 2.24) is 9.88 Å². The lowest BCUT2D eigenvalue weighted by Crippen LogP contribution is -2.38. The van der Waals surface area contributed by atoms with Gasteiger partial charge in [-0.05, 0) is 42.9 Å².